The number of anilines is 1. The first-order valence-electron chi connectivity index (χ1n) is 4.69. The Balaban J connectivity index is 2.16. The lowest BCUT2D eigenvalue weighted by Gasteiger charge is -2.05. The third-order valence-electron chi connectivity index (χ3n) is 1.98. The highest BCUT2D eigenvalue weighted by atomic mass is 79.9. The molecule has 0 aliphatic carbocycles. The molecule has 0 radical (unpaired) electrons. The lowest BCUT2D eigenvalue weighted by Crippen LogP contribution is -2.12. The molecule has 0 aliphatic heterocycles. The van der Waals surface area contributed by atoms with Crippen LogP contribution in [-0.4, -0.2) is 15.9 Å². The van der Waals surface area contributed by atoms with Gasteiger partial charge in [0.05, 0.1) is 21.9 Å². The van der Waals surface area contributed by atoms with Crippen molar-refractivity contribution in [2.24, 2.45) is 0 Å². The fourth-order valence-electron chi connectivity index (χ4n) is 1.19. The van der Waals surface area contributed by atoms with E-state index in [1.807, 2.05) is 0 Å². The lowest BCUT2D eigenvalue weighted by atomic mass is 10.2. The highest BCUT2D eigenvalue weighted by Crippen LogP contribution is 2.23. The average Bonchev–Trinajstić information content (AvgIpc) is 2.35. The summed E-state index contributed by atoms with van der Waals surface area (Å²) < 4.78 is 0.628. The summed E-state index contributed by atoms with van der Waals surface area (Å²) in [5, 5.41) is 3.05. The lowest BCUT2D eigenvalue weighted by molar-refractivity contribution is 0.102. The zero-order valence-corrected chi connectivity index (χ0v) is 10.9. The smallest absolute Gasteiger partial charge is 0.257 e. The summed E-state index contributed by atoms with van der Waals surface area (Å²) in [6.07, 6.45) is 4.59. The van der Waals surface area contributed by atoms with Crippen LogP contribution in [0.3, 0.4) is 0 Å². The monoisotopic (exact) mass is 311 g/mol. The molecule has 0 aliphatic rings. The molecule has 1 N–H and O–H groups in total. The van der Waals surface area contributed by atoms with E-state index >= 15 is 0 Å². The highest BCUT2D eigenvalue weighted by Gasteiger charge is 2.07. The van der Waals surface area contributed by atoms with Gasteiger partial charge in [0, 0.05) is 12.4 Å². The zero-order valence-electron chi connectivity index (χ0n) is 8.52. The maximum Gasteiger partial charge on any atom is 0.257 e. The average molecular weight is 313 g/mol. The minimum Gasteiger partial charge on any atom is -0.321 e. The molecule has 1 amide bonds. The second-order valence-electron chi connectivity index (χ2n) is 3.19. The molecule has 4 nitrogen and oxygen atoms in total. The number of amides is 1. The molecule has 2 aromatic rings. The Kier molecular flexibility index (Phi) is 3.71. The van der Waals surface area contributed by atoms with Gasteiger partial charge >= 0.3 is 0 Å². The topological polar surface area (TPSA) is 54.9 Å². The van der Waals surface area contributed by atoms with E-state index in [9.17, 15) is 4.79 Å². The second-order valence-corrected chi connectivity index (χ2v) is 4.40. The molecule has 86 valence electrons. The van der Waals surface area contributed by atoms with Crippen molar-refractivity contribution < 1.29 is 4.79 Å². The van der Waals surface area contributed by atoms with Crippen molar-refractivity contribution in [3.63, 3.8) is 0 Å². The number of pyridine rings is 2. The fourth-order valence-corrected chi connectivity index (χ4v) is 1.64. The number of nitrogens with one attached hydrogen (secondary N) is 1. The van der Waals surface area contributed by atoms with E-state index in [1.165, 1.54) is 12.4 Å². The first kappa shape index (κ1) is 12.0. The van der Waals surface area contributed by atoms with Gasteiger partial charge in [0.2, 0.25) is 0 Å². The summed E-state index contributed by atoms with van der Waals surface area (Å²) in [6.45, 7) is 0. The van der Waals surface area contributed by atoms with Crippen LogP contribution in [0.1, 0.15) is 10.4 Å². The van der Waals surface area contributed by atoms with E-state index in [0.29, 0.717) is 20.9 Å². The molecule has 2 rings (SSSR count). The number of carbonyl (C=O) groups excluding carboxylic acids is 1. The number of nitrogens with zero attached hydrogens (tertiary/aromatic N) is 2. The second kappa shape index (κ2) is 5.25. The number of halogens is 2. The predicted molar refractivity (Wildman–Crippen MR) is 69.1 cm³/mol. The van der Waals surface area contributed by atoms with Crippen LogP contribution in [0.4, 0.5) is 5.69 Å². The highest BCUT2D eigenvalue weighted by molar-refractivity contribution is 9.10. The van der Waals surface area contributed by atoms with Gasteiger partial charge in [-0.15, -0.1) is 0 Å². The van der Waals surface area contributed by atoms with Crippen LogP contribution in [0.5, 0.6) is 0 Å². The normalized spacial score (nSPS) is 10.0. The van der Waals surface area contributed by atoms with Gasteiger partial charge in [0.25, 0.3) is 5.91 Å². The van der Waals surface area contributed by atoms with Crippen LogP contribution in [0.2, 0.25) is 5.15 Å². The molecule has 17 heavy (non-hydrogen) atoms. The third-order valence-corrected chi connectivity index (χ3v) is 3.11. The van der Waals surface area contributed by atoms with Crippen molar-refractivity contribution >= 4 is 39.1 Å². The van der Waals surface area contributed by atoms with Gasteiger partial charge in [0.1, 0.15) is 5.15 Å². The van der Waals surface area contributed by atoms with Crippen LogP contribution >= 0.6 is 27.5 Å². The minimum atomic E-state index is -0.242. The molecule has 0 bridgehead atoms. The van der Waals surface area contributed by atoms with Crippen molar-refractivity contribution in [1.29, 1.82) is 0 Å². The van der Waals surface area contributed by atoms with Crippen LogP contribution in [0.15, 0.2) is 41.3 Å². The van der Waals surface area contributed by atoms with Crippen molar-refractivity contribution in [2.75, 3.05) is 5.32 Å². The van der Waals surface area contributed by atoms with Crippen molar-refractivity contribution in [2.45, 2.75) is 0 Å². The number of hydrogen-bond donors (Lipinski definition) is 1. The fraction of sp³-hybridized carbons (Fsp3) is 0. The largest absolute Gasteiger partial charge is 0.321 e. The summed E-state index contributed by atoms with van der Waals surface area (Å²) >= 11 is 8.99. The van der Waals surface area contributed by atoms with E-state index in [4.69, 9.17) is 11.6 Å². The Morgan fingerprint density at radius 3 is 2.88 bits per heavy atom. The zero-order chi connectivity index (χ0) is 12.3. The molecule has 2 heterocycles. The molecule has 0 saturated heterocycles. The predicted octanol–water partition coefficient (Wildman–Crippen LogP) is 3.14. The SMILES string of the molecule is O=C(Nc1cnc(Cl)c(Br)c1)c1cccnc1. The Bertz CT molecular complexity index is 548. The Morgan fingerprint density at radius 2 is 2.24 bits per heavy atom. The van der Waals surface area contributed by atoms with Gasteiger partial charge in [-0.05, 0) is 34.1 Å². The van der Waals surface area contributed by atoms with E-state index in [0.717, 1.165) is 0 Å². The van der Waals surface area contributed by atoms with Gasteiger partial charge in [-0.1, -0.05) is 11.6 Å². The molecular weight excluding hydrogens is 305 g/mol. The molecule has 0 unspecified atom stereocenters. The standard InChI is InChI=1S/C11H7BrClN3O/c12-9-4-8(6-15-10(9)13)16-11(17)7-2-1-3-14-5-7/h1-6H,(H,16,17). The molecule has 0 atom stereocenters. The summed E-state index contributed by atoms with van der Waals surface area (Å²) in [6, 6.07) is 5.06. The van der Waals surface area contributed by atoms with E-state index < -0.39 is 0 Å². The maximum absolute atomic E-state index is 11.8. The molecule has 0 saturated carbocycles. The number of rotatable bonds is 2. The van der Waals surface area contributed by atoms with Gasteiger partial charge in [0.15, 0.2) is 0 Å². The molecule has 6 heteroatoms. The number of carbonyl (C=O) groups is 1. The Hall–Kier alpha value is -1.46. The van der Waals surface area contributed by atoms with Crippen LogP contribution in [-0.2, 0) is 0 Å². The molecule has 0 spiro atoms. The van der Waals surface area contributed by atoms with Gasteiger partial charge < -0.3 is 5.32 Å². The molecule has 2 aromatic heterocycles. The van der Waals surface area contributed by atoms with Crippen molar-refractivity contribution in [3.05, 3.63) is 52.0 Å². The minimum absolute atomic E-state index is 0.242. The molecule has 0 aromatic carbocycles. The van der Waals surface area contributed by atoms with Crippen LogP contribution < -0.4 is 5.32 Å². The number of hydrogen-bond acceptors (Lipinski definition) is 3. The van der Waals surface area contributed by atoms with Crippen molar-refractivity contribution in [1.82, 2.24) is 9.97 Å². The Labute approximate surface area is 111 Å². The summed E-state index contributed by atoms with van der Waals surface area (Å²) in [4.78, 5) is 19.6. The molecular formula is C11H7BrClN3O. The van der Waals surface area contributed by atoms with E-state index in [2.05, 4.69) is 31.2 Å². The Morgan fingerprint density at radius 1 is 1.41 bits per heavy atom. The van der Waals surface area contributed by atoms with Gasteiger partial charge in [-0.2, -0.15) is 0 Å². The summed E-state index contributed by atoms with van der Waals surface area (Å²) in [5.74, 6) is -0.242. The van der Waals surface area contributed by atoms with Crippen LogP contribution in [0, 0.1) is 0 Å². The van der Waals surface area contributed by atoms with E-state index in [-0.39, 0.29) is 5.91 Å². The maximum atomic E-state index is 11.8. The van der Waals surface area contributed by atoms with Crippen molar-refractivity contribution in [3.8, 4) is 0 Å². The quantitative estimate of drug-likeness (QED) is 0.867. The van der Waals surface area contributed by atoms with Gasteiger partial charge in [-0.25, -0.2) is 4.98 Å². The van der Waals surface area contributed by atoms with E-state index in [1.54, 1.807) is 24.4 Å². The van der Waals surface area contributed by atoms with Gasteiger partial charge in [-0.3, -0.25) is 9.78 Å². The summed E-state index contributed by atoms with van der Waals surface area (Å²) in [7, 11) is 0. The van der Waals surface area contributed by atoms with Crippen LogP contribution in [0.25, 0.3) is 0 Å². The number of aromatic nitrogens is 2. The molecule has 0 fully saturated rings. The summed E-state index contributed by atoms with van der Waals surface area (Å²) in [5.41, 5.74) is 1.05. The third kappa shape index (κ3) is 3.01. The first-order valence-corrected chi connectivity index (χ1v) is 5.86. The first-order chi connectivity index (χ1) is 8.16.